The number of carboxylic acid groups (broad SMARTS) is 1. The topological polar surface area (TPSA) is 69.6 Å². The highest BCUT2D eigenvalue weighted by Gasteiger charge is 2.20. The fourth-order valence-electron chi connectivity index (χ4n) is 0.938. The van der Waals surface area contributed by atoms with Crippen LogP contribution in [0, 0.1) is 0 Å². The molecule has 2 amide bonds. The molecule has 0 saturated carbocycles. The molecule has 0 aliphatic rings. The number of carboxylic acids is 1. The maximum absolute atomic E-state index is 11.6. The van der Waals surface area contributed by atoms with Gasteiger partial charge < -0.3 is 15.3 Å². The van der Waals surface area contributed by atoms with Crippen molar-refractivity contribution in [1.82, 2.24) is 10.2 Å². The third-order valence-electron chi connectivity index (χ3n) is 1.44. The first-order valence-electron chi connectivity index (χ1n) is 4.66. The largest absolute Gasteiger partial charge is 0.480 e. The van der Waals surface area contributed by atoms with Crippen molar-refractivity contribution in [1.29, 1.82) is 0 Å². The number of urea groups is 1. The summed E-state index contributed by atoms with van der Waals surface area (Å²) in [5, 5.41) is 11.3. The van der Waals surface area contributed by atoms with E-state index >= 15 is 0 Å². The van der Waals surface area contributed by atoms with Crippen molar-refractivity contribution >= 4 is 12.0 Å². The van der Waals surface area contributed by atoms with Gasteiger partial charge in [0, 0.05) is 12.1 Å². The van der Waals surface area contributed by atoms with Gasteiger partial charge in [0.2, 0.25) is 0 Å². The predicted octanol–water partition coefficient (Wildman–Crippen LogP) is 1.07. The molecule has 5 nitrogen and oxygen atoms in total. The van der Waals surface area contributed by atoms with E-state index in [0.29, 0.717) is 0 Å². The van der Waals surface area contributed by atoms with E-state index in [-0.39, 0.29) is 18.6 Å². The van der Waals surface area contributed by atoms with Crippen molar-refractivity contribution in [3.63, 3.8) is 0 Å². The van der Waals surface area contributed by atoms with Crippen LogP contribution in [0.4, 0.5) is 4.79 Å². The predicted molar refractivity (Wildman–Crippen MR) is 57.7 cm³/mol. The van der Waals surface area contributed by atoms with Gasteiger partial charge in [0.15, 0.2) is 0 Å². The van der Waals surface area contributed by atoms with Crippen molar-refractivity contribution in [3.05, 3.63) is 12.7 Å². The summed E-state index contributed by atoms with van der Waals surface area (Å²) < 4.78 is 0. The van der Waals surface area contributed by atoms with Gasteiger partial charge in [-0.1, -0.05) is 6.08 Å². The Morgan fingerprint density at radius 1 is 1.47 bits per heavy atom. The molecule has 0 atom stereocenters. The SMILES string of the molecule is C=CCN(CC(=O)O)C(=O)NC(C)(C)C. The van der Waals surface area contributed by atoms with E-state index in [0.717, 1.165) is 0 Å². The Morgan fingerprint density at radius 3 is 2.33 bits per heavy atom. The number of nitrogens with one attached hydrogen (secondary N) is 1. The van der Waals surface area contributed by atoms with Crippen LogP contribution in [-0.4, -0.2) is 40.6 Å². The molecule has 0 aromatic heterocycles. The Labute approximate surface area is 89.8 Å². The Morgan fingerprint density at radius 2 is 2.00 bits per heavy atom. The van der Waals surface area contributed by atoms with Gasteiger partial charge in [0.1, 0.15) is 6.54 Å². The number of hydrogen-bond acceptors (Lipinski definition) is 2. The van der Waals surface area contributed by atoms with Crippen molar-refractivity contribution in [2.45, 2.75) is 26.3 Å². The Hall–Kier alpha value is -1.52. The van der Waals surface area contributed by atoms with Crippen LogP contribution in [0.5, 0.6) is 0 Å². The normalized spacial score (nSPS) is 10.6. The molecule has 0 bridgehead atoms. The number of nitrogens with zero attached hydrogens (tertiary/aromatic N) is 1. The average molecular weight is 214 g/mol. The van der Waals surface area contributed by atoms with Crippen molar-refractivity contribution in [2.75, 3.05) is 13.1 Å². The number of hydrogen-bond donors (Lipinski definition) is 2. The van der Waals surface area contributed by atoms with Crippen LogP contribution in [-0.2, 0) is 4.79 Å². The molecule has 0 heterocycles. The lowest BCUT2D eigenvalue weighted by molar-refractivity contribution is -0.137. The molecule has 0 aliphatic carbocycles. The summed E-state index contributed by atoms with van der Waals surface area (Å²) in [5.41, 5.74) is -0.380. The summed E-state index contributed by atoms with van der Waals surface area (Å²) in [7, 11) is 0. The first kappa shape index (κ1) is 13.5. The minimum absolute atomic E-state index is 0.216. The molecule has 0 spiro atoms. The monoisotopic (exact) mass is 214 g/mol. The van der Waals surface area contributed by atoms with Gasteiger partial charge in [0.05, 0.1) is 0 Å². The summed E-state index contributed by atoms with van der Waals surface area (Å²) in [6.45, 7) is 8.86. The third kappa shape index (κ3) is 6.54. The maximum Gasteiger partial charge on any atom is 0.323 e. The first-order valence-corrected chi connectivity index (χ1v) is 4.66. The lowest BCUT2D eigenvalue weighted by atomic mass is 10.1. The van der Waals surface area contributed by atoms with E-state index in [2.05, 4.69) is 11.9 Å². The Balaban J connectivity index is 4.41. The standard InChI is InChI=1S/C10H18N2O3/c1-5-6-12(7-8(13)14)9(15)11-10(2,3)4/h5H,1,6-7H2,2-4H3,(H,11,15)(H,13,14). The lowest BCUT2D eigenvalue weighted by Gasteiger charge is -2.26. The average Bonchev–Trinajstić information content (AvgIpc) is 1.99. The maximum atomic E-state index is 11.6. The second kappa shape index (κ2) is 5.38. The van der Waals surface area contributed by atoms with Gasteiger partial charge in [0.25, 0.3) is 0 Å². The molecule has 5 heteroatoms. The van der Waals surface area contributed by atoms with Gasteiger partial charge >= 0.3 is 12.0 Å². The third-order valence-corrected chi connectivity index (χ3v) is 1.44. The molecule has 0 rings (SSSR count). The molecule has 0 aromatic rings. The van der Waals surface area contributed by atoms with E-state index in [1.807, 2.05) is 20.8 Å². The smallest absolute Gasteiger partial charge is 0.323 e. The minimum Gasteiger partial charge on any atom is -0.480 e. The lowest BCUT2D eigenvalue weighted by Crippen LogP contribution is -2.49. The van der Waals surface area contributed by atoms with E-state index in [1.165, 1.54) is 11.0 Å². The molecular weight excluding hydrogens is 196 g/mol. The molecule has 0 unspecified atom stereocenters. The zero-order chi connectivity index (χ0) is 12.1. The van der Waals surface area contributed by atoms with Crippen LogP contribution in [0.15, 0.2) is 12.7 Å². The van der Waals surface area contributed by atoms with Gasteiger partial charge in [-0.2, -0.15) is 0 Å². The summed E-state index contributed by atoms with van der Waals surface area (Å²) in [5.74, 6) is -1.04. The highest BCUT2D eigenvalue weighted by Crippen LogP contribution is 2.01. The molecule has 0 fully saturated rings. The molecule has 2 N–H and O–H groups in total. The van der Waals surface area contributed by atoms with Crippen LogP contribution < -0.4 is 5.32 Å². The van der Waals surface area contributed by atoms with Crippen molar-refractivity contribution in [2.24, 2.45) is 0 Å². The van der Waals surface area contributed by atoms with Gasteiger partial charge in [-0.25, -0.2) is 4.79 Å². The zero-order valence-corrected chi connectivity index (χ0v) is 9.41. The number of amides is 2. The number of carbonyl (C=O) groups is 2. The molecule has 0 saturated heterocycles. The molecule has 0 aromatic carbocycles. The van der Waals surface area contributed by atoms with E-state index < -0.39 is 12.0 Å². The van der Waals surface area contributed by atoms with E-state index in [4.69, 9.17) is 5.11 Å². The fourth-order valence-corrected chi connectivity index (χ4v) is 0.938. The molecule has 0 aliphatic heterocycles. The van der Waals surface area contributed by atoms with Crippen molar-refractivity contribution in [3.8, 4) is 0 Å². The zero-order valence-electron chi connectivity index (χ0n) is 9.41. The Kier molecular flexibility index (Phi) is 4.84. The number of carbonyl (C=O) groups excluding carboxylic acids is 1. The van der Waals surface area contributed by atoms with Gasteiger partial charge in [-0.15, -0.1) is 6.58 Å². The Bertz CT molecular complexity index is 256. The highest BCUT2D eigenvalue weighted by molar-refractivity contribution is 5.80. The highest BCUT2D eigenvalue weighted by atomic mass is 16.4. The number of rotatable bonds is 4. The summed E-state index contributed by atoms with van der Waals surface area (Å²) in [6.07, 6.45) is 1.49. The van der Waals surface area contributed by atoms with Gasteiger partial charge in [-0.3, -0.25) is 4.79 Å². The minimum atomic E-state index is -1.04. The molecular formula is C10H18N2O3. The summed E-state index contributed by atoms with van der Waals surface area (Å²) >= 11 is 0. The summed E-state index contributed by atoms with van der Waals surface area (Å²) in [4.78, 5) is 23.3. The molecule has 86 valence electrons. The molecule has 15 heavy (non-hydrogen) atoms. The van der Waals surface area contributed by atoms with Gasteiger partial charge in [-0.05, 0) is 20.8 Å². The molecule has 0 radical (unpaired) electrons. The van der Waals surface area contributed by atoms with Crippen LogP contribution in [0.1, 0.15) is 20.8 Å². The second-order valence-corrected chi connectivity index (χ2v) is 4.24. The van der Waals surface area contributed by atoms with E-state index in [1.54, 1.807) is 0 Å². The van der Waals surface area contributed by atoms with Crippen LogP contribution in [0.2, 0.25) is 0 Å². The van der Waals surface area contributed by atoms with Crippen molar-refractivity contribution < 1.29 is 14.7 Å². The fraction of sp³-hybridized carbons (Fsp3) is 0.600. The number of aliphatic carboxylic acids is 1. The van der Waals surface area contributed by atoms with Crippen LogP contribution >= 0.6 is 0 Å². The van der Waals surface area contributed by atoms with E-state index in [9.17, 15) is 9.59 Å². The van der Waals surface area contributed by atoms with Crippen LogP contribution in [0.25, 0.3) is 0 Å². The van der Waals surface area contributed by atoms with Crippen LogP contribution in [0.3, 0.4) is 0 Å². The first-order chi connectivity index (χ1) is 6.76. The quantitative estimate of drug-likeness (QED) is 0.688. The summed E-state index contributed by atoms with van der Waals surface area (Å²) in [6, 6.07) is -0.398. The second-order valence-electron chi connectivity index (χ2n) is 4.24.